The van der Waals surface area contributed by atoms with Crippen molar-refractivity contribution in [3.05, 3.63) is 29.8 Å². The highest BCUT2D eigenvalue weighted by Gasteiger charge is 2.18. The topological polar surface area (TPSA) is 84.0 Å². The van der Waals surface area contributed by atoms with E-state index in [1.165, 1.54) is 12.8 Å². The van der Waals surface area contributed by atoms with Crippen molar-refractivity contribution in [2.45, 2.75) is 64.7 Å². The first-order valence-corrected chi connectivity index (χ1v) is 10.0. The third kappa shape index (κ3) is 8.06. The van der Waals surface area contributed by atoms with Gasteiger partial charge >= 0.3 is 6.09 Å². The van der Waals surface area contributed by atoms with E-state index in [4.69, 9.17) is 9.47 Å². The first kappa shape index (κ1) is 21.9. The summed E-state index contributed by atoms with van der Waals surface area (Å²) in [5.74, 6) is 1.60. The molecule has 1 aromatic rings. The van der Waals surface area contributed by atoms with Gasteiger partial charge in [0.2, 0.25) is 0 Å². The Hall–Kier alpha value is -2.44. The fraction of sp³-hybridized carbons (Fsp3) is 0.619. The van der Waals surface area contributed by atoms with Crippen LogP contribution in [0.2, 0.25) is 0 Å². The first-order valence-electron chi connectivity index (χ1n) is 10.0. The fourth-order valence-electron chi connectivity index (χ4n) is 3.01. The van der Waals surface area contributed by atoms with E-state index < -0.39 is 11.7 Å². The van der Waals surface area contributed by atoms with Gasteiger partial charge in [-0.1, -0.05) is 18.2 Å². The van der Waals surface area contributed by atoms with Crippen molar-refractivity contribution in [2.75, 3.05) is 20.1 Å². The SMILES string of the molecule is CN=C(NCCNC(=O)OC(C)(C)C)NCc1ccccc1OC1CCCC1. The van der Waals surface area contributed by atoms with E-state index >= 15 is 0 Å². The molecule has 1 fully saturated rings. The van der Waals surface area contributed by atoms with Crippen molar-refractivity contribution < 1.29 is 14.3 Å². The van der Waals surface area contributed by atoms with E-state index in [-0.39, 0.29) is 0 Å². The molecule has 1 saturated carbocycles. The molecule has 0 heterocycles. The third-order valence-electron chi connectivity index (χ3n) is 4.32. The predicted octanol–water partition coefficient (Wildman–Crippen LogP) is 3.20. The van der Waals surface area contributed by atoms with Crippen LogP contribution in [0.5, 0.6) is 5.75 Å². The molecular formula is C21H34N4O3. The molecule has 0 radical (unpaired) electrons. The predicted molar refractivity (Wildman–Crippen MR) is 112 cm³/mol. The van der Waals surface area contributed by atoms with Crippen molar-refractivity contribution in [1.82, 2.24) is 16.0 Å². The molecule has 0 saturated heterocycles. The molecule has 1 amide bonds. The Balaban J connectivity index is 1.74. The number of amides is 1. The number of benzene rings is 1. The van der Waals surface area contributed by atoms with Crippen LogP contribution in [-0.2, 0) is 11.3 Å². The highest BCUT2D eigenvalue weighted by Crippen LogP contribution is 2.26. The van der Waals surface area contributed by atoms with Gasteiger partial charge in [-0.3, -0.25) is 4.99 Å². The van der Waals surface area contributed by atoms with Gasteiger partial charge in [0.1, 0.15) is 11.4 Å². The van der Waals surface area contributed by atoms with Crippen molar-refractivity contribution in [3.63, 3.8) is 0 Å². The zero-order valence-electron chi connectivity index (χ0n) is 17.5. The summed E-state index contributed by atoms with van der Waals surface area (Å²) >= 11 is 0. The summed E-state index contributed by atoms with van der Waals surface area (Å²) in [7, 11) is 1.72. The Morgan fingerprint density at radius 1 is 1.11 bits per heavy atom. The molecule has 0 atom stereocenters. The van der Waals surface area contributed by atoms with Gasteiger partial charge < -0.3 is 25.4 Å². The van der Waals surface area contributed by atoms with Crippen LogP contribution in [0.25, 0.3) is 0 Å². The standard InChI is InChI=1S/C21H34N4O3/c1-21(2,3)28-20(26)24-14-13-23-19(22-4)25-15-16-9-5-8-12-18(16)27-17-10-6-7-11-17/h5,8-9,12,17H,6-7,10-11,13-15H2,1-4H3,(H,24,26)(H2,22,23,25). The number of hydrogen-bond donors (Lipinski definition) is 3. The third-order valence-corrected chi connectivity index (χ3v) is 4.32. The number of hydrogen-bond acceptors (Lipinski definition) is 4. The second-order valence-corrected chi connectivity index (χ2v) is 7.91. The van der Waals surface area contributed by atoms with Gasteiger partial charge in [-0.05, 0) is 52.5 Å². The Labute approximate surface area is 168 Å². The largest absolute Gasteiger partial charge is 0.490 e. The van der Waals surface area contributed by atoms with Crippen LogP contribution >= 0.6 is 0 Å². The molecule has 7 heteroatoms. The van der Waals surface area contributed by atoms with Crippen molar-refractivity contribution in [2.24, 2.45) is 4.99 Å². The van der Waals surface area contributed by atoms with Gasteiger partial charge in [-0.15, -0.1) is 0 Å². The summed E-state index contributed by atoms with van der Waals surface area (Å²) in [5, 5.41) is 9.19. The fourth-order valence-corrected chi connectivity index (χ4v) is 3.01. The minimum Gasteiger partial charge on any atom is -0.490 e. The highest BCUT2D eigenvalue weighted by atomic mass is 16.6. The molecule has 7 nitrogen and oxygen atoms in total. The molecule has 0 bridgehead atoms. The lowest BCUT2D eigenvalue weighted by Gasteiger charge is -2.20. The zero-order valence-corrected chi connectivity index (χ0v) is 17.5. The van der Waals surface area contributed by atoms with Crippen LogP contribution in [0.15, 0.2) is 29.3 Å². The zero-order chi connectivity index (χ0) is 20.4. The number of carbonyl (C=O) groups excluding carboxylic acids is 1. The van der Waals surface area contributed by atoms with Gasteiger partial charge in [0.15, 0.2) is 5.96 Å². The van der Waals surface area contributed by atoms with Gasteiger partial charge in [0.25, 0.3) is 0 Å². The maximum atomic E-state index is 11.6. The smallest absolute Gasteiger partial charge is 0.407 e. The summed E-state index contributed by atoms with van der Waals surface area (Å²) in [6.45, 7) is 7.11. The monoisotopic (exact) mass is 390 g/mol. The number of rotatable bonds is 7. The maximum Gasteiger partial charge on any atom is 0.407 e. The minimum atomic E-state index is -0.497. The summed E-state index contributed by atoms with van der Waals surface area (Å²) in [6, 6.07) is 8.10. The van der Waals surface area contributed by atoms with Gasteiger partial charge in [0.05, 0.1) is 6.10 Å². The van der Waals surface area contributed by atoms with Crippen molar-refractivity contribution in [1.29, 1.82) is 0 Å². The second kappa shape index (κ2) is 10.8. The van der Waals surface area contributed by atoms with Crippen molar-refractivity contribution >= 4 is 12.1 Å². The second-order valence-electron chi connectivity index (χ2n) is 7.91. The maximum absolute atomic E-state index is 11.6. The molecule has 0 aromatic heterocycles. The number of aliphatic imine (C=N–C) groups is 1. The molecule has 1 aliphatic carbocycles. The lowest BCUT2D eigenvalue weighted by atomic mass is 10.2. The Morgan fingerprint density at radius 2 is 1.79 bits per heavy atom. The van der Waals surface area contributed by atoms with E-state index in [1.54, 1.807) is 7.05 Å². The molecule has 3 N–H and O–H groups in total. The Kier molecular flexibility index (Phi) is 8.42. The van der Waals surface area contributed by atoms with Crippen molar-refractivity contribution in [3.8, 4) is 5.75 Å². The average Bonchev–Trinajstić information content (AvgIpc) is 3.14. The number of guanidine groups is 1. The summed E-state index contributed by atoms with van der Waals surface area (Å²) in [6.07, 6.45) is 4.68. The van der Waals surface area contributed by atoms with Gasteiger partial charge in [-0.2, -0.15) is 0 Å². The molecular weight excluding hydrogens is 356 g/mol. The molecule has 156 valence electrons. The summed E-state index contributed by atoms with van der Waals surface area (Å²) < 4.78 is 11.4. The normalized spacial score (nSPS) is 15.2. The van der Waals surface area contributed by atoms with E-state index in [1.807, 2.05) is 39.0 Å². The number of nitrogens with one attached hydrogen (secondary N) is 3. The summed E-state index contributed by atoms with van der Waals surface area (Å²) in [5.41, 5.74) is 0.604. The van der Waals surface area contributed by atoms with Crippen LogP contribution in [-0.4, -0.2) is 43.9 Å². The summed E-state index contributed by atoms with van der Waals surface area (Å²) in [4.78, 5) is 15.9. The number of alkyl carbamates (subject to hydrolysis) is 1. The number of ether oxygens (including phenoxy) is 2. The van der Waals surface area contributed by atoms with E-state index in [0.29, 0.717) is 31.7 Å². The molecule has 1 aliphatic rings. The van der Waals surface area contributed by atoms with E-state index in [0.717, 1.165) is 24.2 Å². The van der Waals surface area contributed by atoms with E-state index in [9.17, 15) is 4.79 Å². The molecule has 0 spiro atoms. The molecule has 0 aliphatic heterocycles. The lowest BCUT2D eigenvalue weighted by Crippen LogP contribution is -2.42. The lowest BCUT2D eigenvalue weighted by molar-refractivity contribution is 0.0529. The molecule has 28 heavy (non-hydrogen) atoms. The van der Waals surface area contributed by atoms with Crippen LogP contribution in [0.4, 0.5) is 4.79 Å². The molecule has 1 aromatic carbocycles. The number of para-hydroxylation sites is 1. The number of carbonyl (C=O) groups is 1. The van der Waals surface area contributed by atoms with E-state index in [2.05, 4.69) is 27.0 Å². The average molecular weight is 391 g/mol. The Morgan fingerprint density at radius 3 is 2.46 bits per heavy atom. The van der Waals surface area contributed by atoms with Crippen LogP contribution in [0.1, 0.15) is 52.0 Å². The highest BCUT2D eigenvalue weighted by molar-refractivity contribution is 5.79. The first-order chi connectivity index (χ1) is 13.4. The minimum absolute atomic E-state index is 0.331. The van der Waals surface area contributed by atoms with Crippen LogP contribution in [0, 0.1) is 0 Å². The van der Waals surface area contributed by atoms with Gasteiger partial charge in [-0.25, -0.2) is 4.79 Å². The van der Waals surface area contributed by atoms with Crippen LogP contribution < -0.4 is 20.7 Å². The molecule has 0 unspecified atom stereocenters. The Bertz CT molecular complexity index is 649. The molecule has 2 rings (SSSR count). The van der Waals surface area contributed by atoms with Crippen LogP contribution in [0.3, 0.4) is 0 Å². The van der Waals surface area contributed by atoms with Gasteiger partial charge in [0, 0.05) is 32.2 Å². The quantitative estimate of drug-likeness (QED) is 0.378. The number of nitrogens with zero attached hydrogens (tertiary/aromatic N) is 1.